The Morgan fingerprint density at radius 2 is 2.06 bits per heavy atom. The van der Waals surface area contributed by atoms with Crippen LogP contribution in [0.4, 0.5) is 10.7 Å². The van der Waals surface area contributed by atoms with Crippen molar-refractivity contribution in [1.29, 1.82) is 0 Å². The summed E-state index contributed by atoms with van der Waals surface area (Å²) in [6.45, 7) is 0.595. The van der Waals surface area contributed by atoms with Crippen LogP contribution < -0.4 is 5.32 Å². The molecule has 0 atom stereocenters. The number of para-hydroxylation sites is 1. The van der Waals surface area contributed by atoms with Crippen LogP contribution in [0, 0.1) is 0 Å². The van der Waals surface area contributed by atoms with E-state index < -0.39 is 0 Å². The fourth-order valence-corrected chi connectivity index (χ4v) is 2.29. The first-order valence-corrected chi connectivity index (χ1v) is 5.90. The zero-order valence-corrected chi connectivity index (χ0v) is 9.33. The number of nitrogens with one attached hydrogen (secondary N) is 1. The molecule has 0 unspecified atom stereocenters. The van der Waals surface area contributed by atoms with Gasteiger partial charge in [0.2, 0.25) is 0 Å². The number of amidine groups is 1. The molecule has 2 heterocycles. The predicted octanol–water partition coefficient (Wildman–Crippen LogP) is 3.38. The van der Waals surface area contributed by atoms with Crippen molar-refractivity contribution in [3.05, 3.63) is 47.3 Å². The topological polar surface area (TPSA) is 33.6 Å². The van der Waals surface area contributed by atoms with Crippen LogP contribution in [0.25, 0.3) is 0 Å². The zero-order chi connectivity index (χ0) is 10.8. The molecule has 1 N–H and O–H groups in total. The summed E-state index contributed by atoms with van der Waals surface area (Å²) in [5.41, 5.74) is 2.14. The van der Waals surface area contributed by atoms with Gasteiger partial charge < -0.3 is 10.1 Å². The fraction of sp³-hybridized carbons (Fsp3) is 0.0833. The summed E-state index contributed by atoms with van der Waals surface area (Å²) in [6.07, 6.45) is 0. The molecular formula is C12H10N2OS. The van der Waals surface area contributed by atoms with E-state index in [1.54, 1.807) is 11.3 Å². The lowest BCUT2D eigenvalue weighted by molar-refractivity contribution is 0.287. The number of ether oxygens (including phenoxy) is 1. The van der Waals surface area contributed by atoms with Crippen molar-refractivity contribution < 1.29 is 4.74 Å². The molecule has 0 aliphatic carbocycles. The van der Waals surface area contributed by atoms with E-state index in [2.05, 4.69) is 10.3 Å². The molecule has 2 aromatic rings. The van der Waals surface area contributed by atoms with Crippen LogP contribution in [0.5, 0.6) is 0 Å². The zero-order valence-electron chi connectivity index (χ0n) is 8.51. The number of thiophene rings is 1. The average Bonchev–Trinajstić information content (AvgIpc) is 2.77. The van der Waals surface area contributed by atoms with E-state index in [0.29, 0.717) is 12.6 Å². The van der Waals surface area contributed by atoms with Crippen LogP contribution in [-0.2, 0) is 11.3 Å². The SMILES string of the molecule is c1ccc(NC2=Nc3sccc3CO2)cc1. The molecule has 0 spiro atoms. The molecule has 0 bridgehead atoms. The van der Waals surface area contributed by atoms with E-state index in [-0.39, 0.29) is 0 Å². The first-order chi connectivity index (χ1) is 7.92. The molecule has 1 aromatic heterocycles. The quantitative estimate of drug-likeness (QED) is 0.814. The number of hydrogen-bond donors (Lipinski definition) is 1. The number of aliphatic imine (C=N–C) groups is 1. The molecular weight excluding hydrogens is 220 g/mol. The van der Waals surface area contributed by atoms with Gasteiger partial charge in [-0.05, 0) is 23.6 Å². The second-order valence-electron chi connectivity index (χ2n) is 3.45. The summed E-state index contributed by atoms with van der Waals surface area (Å²) in [4.78, 5) is 4.40. The molecule has 80 valence electrons. The Morgan fingerprint density at radius 1 is 1.19 bits per heavy atom. The highest BCUT2D eigenvalue weighted by Gasteiger charge is 2.13. The van der Waals surface area contributed by atoms with Gasteiger partial charge in [0.1, 0.15) is 11.6 Å². The standard InChI is InChI=1S/C12H10N2OS/c1-2-4-10(5-3-1)13-12-14-11-9(8-15-12)6-7-16-11/h1-7H,8H2,(H,13,14). The number of anilines is 1. The molecule has 1 aromatic carbocycles. The number of hydrogen-bond acceptors (Lipinski definition) is 4. The minimum atomic E-state index is 0.571. The molecule has 16 heavy (non-hydrogen) atoms. The summed E-state index contributed by atoms with van der Waals surface area (Å²) in [5, 5.41) is 6.21. The van der Waals surface area contributed by atoms with Gasteiger partial charge >= 0.3 is 0 Å². The number of fused-ring (bicyclic) bond motifs is 1. The maximum atomic E-state index is 5.51. The highest BCUT2D eigenvalue weighted by Crippen LogP contribution is 2.30. The molecule has 3 rings (SSSR count). The number of nitrogens with zero attached hydrogens (tertiary/aromatic N) is 1. The normalized spacial score (nSPS) is 13.6. The Bertz CT molecular complexity index is 519. The largest absolute Gasteiger partial charge is 0.460 e. The molecule has 0 saturated heterocycles. The minimum absolute atomic E-state index is 0.571. The van der Waals surface area contributed by atoms with E-state index >= 15 is 0 Å². The highest BCUT2D eigenvalue weighted by molar-refractivity contribution is 7.14. The predicted molar refractivity (Wildman–Crippen MR) is 66.3 cm³/mol. The van der Waals surface area contributed by atoms with Crippen LogP contribution in [0.2, 0.25) is 0 Å². The molecule has 1 aliphatic rings. The first kappa shape index (κ1) is 9.42. The van der Waals surface area contributed by atoms with Gasteiger partial charge in [-0.25, -0.2) is 0 Å². The highest BCUT2D eigenvalue weighted by atomic mass is 32.1. The van der Waals surface area contributed by atoms with Crippen LogP contribution in [0.15, 0.2) is 46.8 Å². The van der Waals surface area contributed by atoms with Crippen molar-refractivity contribution in [2.75, 3.05) is 5.32 Å². The van der Waals surface area contributed by atoms with Gasteiger partial charge in [-0.15, -0.1) is 11.3 Å². The number of rotatable bonds is 1. The van der Waals surface area contributed by atoms with E-state index in [9.17, 15) is 0 Å². The lowest BCUT2D eigenvalue weighted by atomic mass is 10.3. The third kappa shape index (κ3) is 1.79. The molecule has 0 fully saturated rings. The van der Waals surface area contributed by atoms with Gasteiger partial charge in [-0.1, -0.05) is 18.2 Å². The summed E-state index contributed by atoms with van der Waals surface area (Å²) < 4.78 is 5.51. The van der Waals surface area contributed by atoms with Gasteiger partial charge in [0.05, 0.1) is 0 Å². The van der Waals surface area contributed by atoms with Crippen LogP contribution in [-0.4, -0.2) is 6.02 Å². The maximum absolute atomic E-state index is 5.51. The monoisotopic (exact) mass is 230 g/mol. The molecule has 1 aliphatic heterocycles. The Labute approximate surface area is 97.4 Å². The van der Waals surface area contributed by atoms with E-state index in [0.717, 1.165) is 16.3 Å². The summed E-state index contributed by atoms with van der Waals surface area (Å²) in [5.74, 6) is 0. The minimum Gasteiger partial charge on any atom is -0.460 e. The van der Waals surface area contributed by atoms with E-state index in [1.807, 2.05) is 41.8 Å². The van der Waals surface area contributed by atoms with Crippen LogP contribution in [0.1, 0.15) is 5.56 Å². The van der Waals surface area contributed by atoms with Gasteiger partial charge in [0.25, 0.3) is 6.02 Å². The van der Waals surface area contributed by atoms with E-state index in [4.69, 9.17) is 4.74 Å². The van der Waals surface area contributed by atoms with E-state index in [1.165, 1.54) is 0 Å². The fourth-order valence-electron chi connectivity index (χ4n) is 1.52. The van der Waals surface area contributed by atoms with Crippen LogP contribution in [0.3, 0.4) is 0 Å². The summed E-state index contributed by atoms with van der Waals surface area (Å²) in [7, 11) is 0. The molecule has 4 heteroatoms. The average molecular weight is 230 g/mol. The van der Waals surface area contributed by atoms with Gasteiger partial charge in [-0.3, -0.25) is 0 Å². The second-order valence-corrected chi connectivity index (χ2v) is 4.34. The summed E-state index contributed by atoms with van der Waals surface area (Å²) in [6, 6.07) is 12.5. The Kier molecular flexibility index (Phi) is 2.34. The Hall–Kier alpha value is -1.81. The van der Waals surface area contributed by atoms with Gasteiger partial charge in [0.15, 0.2) is 0 Å². The van der Waals surface area contributed by atoms with Crippen molar-refractivity contribution >= 4 is 28.0 Å². The summed E-state index contributed by atoms with van der Waals surface area (Å²) >= 11 is 1.63. The first-order valence-electron chi connectivity index (χ1n) is 5.02. The second kappa shape index (κ2) is 3.98. The lowest BCUT2D eigenvalue weighted by Gasteiger charge is -2.15. The van der Waals surface area contributed by atoms with Crippen molar-refractivity contribution in [2.45, 2.75) is 6.61 Å². The molecule has 0 saturated carbocycles. The van der Waals surface area contributed by atoms with Crippen molar-refractivity contribution in [3.8, 4) is 0 Å². The third-order valence-corrected chi connectivity index (χ3v) is 3.17. The van der Waals surface area contributed by atoms with Crippen molar-refractivity contribution in [2.24, 2.45) is 4.99 Å². The van der Waals surface area contributed by atoms with Crippen molar-refractivity contribution in [1.82, 2.24) is 0 Å². The maximum Gasteiger partial charge on any atom is 0.295 e. The van der Waals surface area contributed by atoms with Crippen LogP contribution >= 0.6 is 11.3 Å². The third-order valence-electron chi connectivity index (χ3n) is 2.32. The van der Waals surface area contributed by atoms with Gasteiger partial charge in [-0.2, -0.15) is 4.99 Å². The molecule has 3 nitrogen and oxygen atoms in total. The Morgan fingerprint density at radius 3 is 2.94 bits per heavy atom. The van der Waals surface area contributed by atoms with Gasteiger partial charge in [0, 0.05) is 11.3 Å². The molecule has 0 amide bonds. The molecule has 0 radical (unpaired) electrons. The smallest absolute Gasteiger partial charge is 0.295 e. The Balaban J connectivity index is 1.83. The lowest BCUT2D eigenvalue weighted by Crippen LogP contribution is -2.17. The number of benzene rings is 1. The van der Waals surface area contributed by atoms with Crippen molar-refractivity contribution in [3.63, 3.8) is 0 Å².